The van der Waals surface area contributed by atoms with Crippen molar-refractivity contribution >= 4 is 5.97 Å². The summed E-state index contributed by atoms with van der Waals surface area (Å²) in [6.07, 6.45) is 1.77. The second-order valence-electron chi connectivity index (χ2n) is 4.06. The number of carbonyl (C=O) groups excluding carboxylic acids is 1. The smallest absolute Gasteiger partial charge is 0.384 e. The van der Waals surface area contributed by atoms with Crippen LogP contribution in [0.3, 0.4) is 0 Å². The van der Waals surface area contributed by atoms with Crippen LogP contribution in [0.25, 0.3) is 0 Å². The molecule has 1 atom stereocenters. The van der Waals surface area contributed by atoms with E-state index in [4.69, 9.17) is 4.74 Å². The third kappa shape index (κ3) is 3.39. The Kier molecular flexibility index (Phi) is 3.54. The van der Waals surface area contributed by atoms with Gasteiger partial charge in [0.1, 0.15) is 0 Å². The second-order valence-corrected chi connectivity index (χ2v) is 4.06. The van der Waals surface area contributed by atoms with Gasteiger partial charge >= 0.3 is 5.97 Å². The predicted octanol–water partition coefficient (Wildman–Crippen LogP) is 1.37. The number of esters is 1. The lowest BCUT2D eigenvalue weighted by atomic mass is 9.89. The monoisotopic (exact) mass is 196 g/mol. The molecule has 1 aliphatic heterocycles. The summed E-state index contributed by atoms with van der Waals surface area (Å²) in [5, 5.41) is 0. The minimum atomic E-state index is -0.464. The predicted molar refractivity (Wildman–Crippen MR) is 52.5 cm³/mol. The molecule has 1 aliphatic rings. The Balaban J connectivity index is 2.52. The molecule has 0 N–H and O–H groups in total. The van der Waals surface area contributed by atoms with E-state index in [1.165, 1.54) is 7.11 Å². The fourth-order valence-electron chi connectivity index (χ4n) is 1.57. The molecule has 1 fully saturated rings. The molecule has 0 amide bonds. The van der Waals surface area contributed by atoms with Crippen LogP contribution in [0.4, 0.5) is 0 Å². The zero-order valence-electron chi connectivity index (χ0n) is 8.92. The number of rotatable bonds is 0. The van der Waals surface area contributed by atoms with Crippen LogP contribution in [0.2, 0.25) is 0 Å². The summed E-state index contributed by atoms with van der Waals surface area (Å²) in [7, 11) is 1.34. The summed E-state index contributed by atoms with van der Waals surface area (Å²) in [6, 6.07) is 0. The molecule has 0 spiro atoms. The summed E-state index contributed by atoms with van der Waals surface area (Å²) in [4.78, 5) is 10.8. The van der Waals surface area contributed by atoms with Crippen LogP contribution >= 0.6 is 0 Å². The van der Waals surface area contributed by atoms with Gasteiger partial charge < -0.3 is 9.47 Å². The largest absolute Gasteiger partial charge is 0.459 e. The summed E-state index contributed by atoms with van der Waals surface area (Å²) >= 11 is 0. The first-order valence-corrected chi connectivity index (χ1v) is 4.77. The first kappa shape index (κ1) is 11.1. The third-order valence-corrected chi connectivity index (χ3v) is 2.26. The van der Waals surface area contributed by atoms with Gasteiger partial charge in [-0.15, -0.1) is 0 Å². The number of carbonyl (C=O) groups is 1. The number of ether oxygens (including phenoxy) is 2. The van der Waals surface area contributed by atoms with E-state index in [0.29, 0.717) is 6.61 Å². The van der Waals surface area contributed by atoms with Crippen molar-refractivity contribution < 1.29 is 14.3 Å². The van der Waals surface area contributed by atoms with Crippen molar-refractivity contribution in [3.8, 4) is 11.8 Å². The number of hydrogen-bond acceptors (Lipinski definition) is 3. The molecule has 0 aromatic carbocycles. The van der Waals surface area contributed by atoms with Crippen molar-refractivity contribution in [2.45, 2.75) is 32.3 Å². The molecular formula is C11H16O3. The highest BCUT2D eigenvalue weighted by Gasteiger charge is 2.27. The van der Waals surface area contributed by atoms with Gasteiger partial charge in [0, 0.05) is 18.4 Å². The molecule has 1 saturated heterocycles. The average molecular weight is 196 g/mol. The summed E-state index contributed by atoms with van der Waals surface area (Å²) in [5.74, 6) is 5.18. The third-order valence-electron chi connectivity index (χ3n) is 2.26. The van der Waals surface area contributed by atoms with E-state index in [1.807, 2.05) is 13.8 Å². The Morgan fingerprint density at radius 3 is 2.86 bits per heavy atom. The van der Waals surface area contributed by atoms with Crippen molar-refractivity contribution in [1.29, 1.82) is 0 Å². The first-order valence-electron chi connectivity index (χ1n) is 4.77. The van der Waals surface area contributed by atoms with Crippen molar-refractivity contribution in [2.75, 3.05) is 13.7 Å². The molecule has 78 valence electrons. The van der Waals surface area contributed by atoms with Gasteiger partial charge in [0.05, 0.1) is 12.7 Å². The van der Waals surface area contributed by atoms with Gasteiger partial charge in [0.25, 0.3) is 0 Å². The highest BCUT2D eigenvalue weighted by atomic mass is 16.5. The summed E-state index contributed by atoms with van der Waals surface area (Å²) in [5.41, 5.74) is -0.117. The van der Waals surface area contributed by atoms with E-state index in [-0.39, 0.29) is 11.5 Å². The lowest BCUT2D eigenvalue weighted by molar-refractivity contribution is -0.133. The van der Waals surface area contributed by atoms with E-state index < -0.39 is 5.97 Å². The quantitative estimate of drug-likeness (QED) is 0.333. The Morgan fingerprint density at radius 1 is 1.57 bits per heavy atom. The maximum Gasteiger partial charge on any atom is 0.384 e. The van der Waals surface area contributed by atoms with Crippen LogP contribution in [0, 0.1) is 17.8 Å². The van der Waals surface area contributed by atoms with E-state index in [0.717, 1.165) is 12.8 Å². The molecule has 0 saturated carbocycles. The lowest BCUT2D eigenvalue weighted by Gasteiger charge is -2.33. The molecule has 1 heterocycles. The van der Waals surface area contributed by atoms with E-state index >= 15 is 0 Å². The van der Waals surface area contributed by atoms with Gasteiger partial charge in [-0.1, -0.05) is 5.92 Å². The fraction of sp³-hybridized carbons (Fsp3) is 0.727. The zero-order valence-corrected chi connectivity index (χ0v) is 8.92. The average Bonchev–Trinajstić information content (AvgIpc) is 2.12. The molecule has 0 aliphatic carbocycles. The number of methoxy groups -OCH3 is 1. The highest BCUT2D eigenvalue weighted by molar-refractivity contribution is 5.88. The first-order chi connectivity index (χ1) is 6.53. The van der Waals surface area contributed by atoms with Crippen LogP contribution in [-0.4, -0.2) is 25.3 Å². The van der Waals surface area contributed by atoms with Gasteiger partial charge in [-0.05, 0) is 26.7 Å². The molecular weight excluding hydrogens is 180 g/mol. The van der Waals surface area contributed by atoms with E-state index in [1.54, 1.807) is 0 Å². The molecule has 1 rings (SSSR count). The van der Waals surface area contributed by atoms with Gasteiger partial charge in [-0.2, -0.15) is 0 Å². The number of hydrogen-bond donors (Lipinski definition) is 0. The maximum absolute atomic E-state index is 10.8. The molecule has 0 aromatic heterocycles. The molecule has 0 aromatic rings. The van der Waals surface area contributed by atoms with Crippen LogP contribution < -0.4 is 0 Å². The molecule has 14 heavy (non-hydrogen) atoms. The molecule has 1 unspecified atom stereocenters. The molecule has 0 radical (unpaired) electrons. The van der Waals surface area contributed by atoms with Crippen molar-refractivity contribution in [3.63, 3.8) is 0 Å². The van der Waals surface area contributed by atoms with Crippen LogP contribution in [0.1, 0.15) is 26.7 Å². The minimum absolute atomic E-state index is 0.117. The maximum atomic E-state index is 10.8. The van der Waals surface area contributed by atoms with Crippen LogP contribution in [0.15, 0.2) is 0 Å². The van der Waals surface area contributed by atoms with Crippen molar-refractivity contribution in [3.05, 3.63) is 0 Å². The van der Waals surface area contributed by atoms with Crippen molar-refractivity contribution in [2.24, 2.45) is 5.92 Å². The Labute approximate surface area is 84.8 Å². The summed E-state index contributed by atoms with van der Waals surface area (Å²) < 4.78 is 9.99. The van der Waals surface area contributed by atoms with Crippen LogP contribution in [-0.2, 0) is 14.3 Å². The van der Waals surface area contributed by atoms with Gasteiger partial charge in [0.2, 0.25) is 0 Å². The van der Waals surface area contributed by atoms with Crippen molar-refractivity contribution in [1.82, 2.24) is 0 Å². The second kappa shape index (κ2) is 4.47. The standard InChI is InChI=1S/C11H16O3/c1-11(2)8-9(6-7-14-11)4-5-10(12)13-3/h9H,6-8H2,1-3H3. The Morgan fingerprint density at radius 2 is 2.29 bits per heavy atom. The van der Waals surface area contributed by atoms with E-state index in [9.17, 15) is 4.79 Å². The van der Waals surface area contributed by atoms with Gasteiger partial charge in [-0.3, -0.25) is 0 Å². The molecule has 3 nitrogen and oxygen atoms in total. The SMILES string of the molecule is COC(=O)C#CC1CCOC(C)(C)C1. The molecule has 0 bridgehead atoms. The normalized spacial score (nSPS) is 24.6. The topological polar surface area (TPSA) is 35.5 Å². The Bertz CT molecular complexity index is 270. The van der Waals surface area contributed by atoms with E-state index in [2.05, 4.69) is 16.6 Å². The minimum Gasteiger partial charge on any atom is -0.459 e. The fourth-order valence-corrected chi connectivity index (χ4v) is 1.57. The molecule has 3 heteroatoms. The summed E-state index contributed by atoms with van der Waals surface area (Å²) in [6.45, 7) is 4.80. The zero-order chi connectivity index (χ0) is 10.6. The van der Waals surface area contributed by atoms with Gasteiger partial charge in [-0.25, -0.2) is 4.79 Å². The highest BCUT2D eigenvalue weighted by Crippen LogP contribution is 2.27. The Hall–Kier alpha value is -1.01. The van der Waals surface area contributed by atoms with Gasteiger partial charge in [0.15, 0.2) is 0 Å². The lowest BCUT2D eigenvalue weighted by Crippen LogP contribution is -2.33. The van der Waals surface area contributed by atoms with Crippen LogP contribution in [0.5, 0.6) is 0 Å².